The van der Waals surface area contributed by atoms with Crippen molar-refractivity contribution in [3.05, 3.63) is 0 Å². The molecule has 6 nitrogen and oxygen atoms in total. The molecule has 0 aromatic heterocycles. The fraction of sp³-hybridized carbons (Fsp3) is 0.932. The van der Waals surface area contributed by atoms with E-state index < -0.39 is 17.9 Å². The van der Waals surface area contributed by atoms with E-state index in [1.807, 2.05) is 0 Å². The van der Waals surface area contributed by atoms with E-state index >= 15 is 0 Å². The van der Waals surface area contributed by atoms with Gasteiger partial charge in [0.2, 0.25) is 0 Å². The summed E-state index contributed by atoms with van der Waals surface area (Å²) in [6.45, 7) is 6.75. The largest absolute Gasteiger partial charge is 0.481 e. The summed E-state index contributed by atoms with van der Waals surface area (Å²) >= 11 is 0. The predicted octanol–water partition coefficient (Wildman–Crippen LogP) is 15.1. The fourth-order valence-electron chi connectivity index (χ4n) is 6.17. The average Bonchev–Trinajstić information content (AvgIpc) is 3.08. The van der Waals surface area contributed by atoms with Crippen molar-refractivity contribution in [2.24, 2.45) is 0 Å². The van der Waals surface area contributed by atoms with Gasteiger partial charge in [0.1, 0.15) is 0 Å². The molecule has 0 unspecified atom stereocenters. The lowest BCUT2D eigenvalue weighted by atomic mass is 10.0. The van der Waals surface area contributed by atoms with Crippen molar-refractivity contribution in [1.82, 2.24) is 0 Å². The summed E-state index contributed by atoms with van der Waals surface area (Å²) < 4.78 is 0. The second-order valence-electron chi connectivity index (χ2n) is 14.7. The topological polar surface area (TPSA) is 112 Å². The van der Waals surface area contributed by atoms with Gasteiger partial charge in [-0.1, -0.05) is 226 Å². The molecule has 0 amide bonds. The molecule has 0 heterocycles. The Morgan fingerprint density at radius 1 is 0.240 bits per heavy atom. The van der Waals surface area contributed by atoms with Crippen LogP contribution in [0.4, 0.5) is 0 Å². The first kappa shape index (κ1) is 52.8. The quantitative estimate of drug-likeness (QED) is 0.0549. The molecule has 6 heteroatoms. The molecule has 0 saturated heterocycles. The molecule has 0 radical (unpaired) electrons. The highest BCUT2D eigenvalue weighted by Gasteiger charge is 1.99. The third-order valence-corrected chi connectivity index (χ3v) is 9.48. The number of carboxylic acids is 3. The van der Waals surface area contributed by atoms with Crippen LogP contribution in [0.2, 0.25) is 0 Å². The molecule has 0 aliphatic rings. The minimum Gasteiger partial charge on any atom is -0.481 e. The zero-order valence-corrected chi connectivity index (χ0v) is 33.9. The molecule has 0 aromatic rings. The van der Waals surface area contributed by atoms with Crippen LogP contribution in [0.3, 0.4) is 0 Å². The van der Waals surface area contributed by atoms with Crippen molar-refractivity contribution in [3.8, 4) is 0 Å². The summed E-state index contributed by atoms with van der Waals surface area (Å²) in [6, 6.07) is 0. The van der Waals surface area contributed by atoms with E-state index in [-0.39, 0.29) is 0 Å². The van der Waals surface area contributed by atoms with Crippen LogP contribution in [0.5, 0.6) is 0 Å². The zero-order valence-electron chi connectivity index (χ0n) is 33.9. The molecule has 0 spiro atoms. The molecule has 0 bridgehead atoms. The number of unbranched alkanes of at least 4 members (excludes halogenated alkanes) is 32. The summed E-state index contributed by atoms with van der Waals surface area (Å²) in [5.41, 5.74) is 0. The van der Waals surface area contributed by atoms with E-state index in [4.69, 9.17) is 15.3 Å². The Balaban J connectivity index is -0.000000675. The number of rotatable bonds is 38. The molecular weight excluding hydrogens is 624 g/mol. The predicted molar refractivity (Wildman–Crippen MR) is 215 cm³/mol. The maximum atomic E-state index is 10.3. The SMILES string of the molecule is CCCCCCCCCCCC(=O)O.CCCCCCCCCCCCCC(=O)O.CCCCCCCCCCCCCCCCCC(=O)O. The minimum atomic E-state index is -0.659. The van der Waals surface area contributed by atoms with Crippen LogP contribution in [0.1, 0.15) is 265 Å². The third kappa shape index (κ3) is 61.6. The second kappa shape index (κ2) is 49.5. The number of aliphatic carboxylic acids is 3. The van der Waals surface area contributed by atoms with E-state index in [1.165, 1.54) is 186 Å². The summed E-state index contributed by atoms with van der Waals surface area (Å²) in [7, 11) is 0. The van der Waals surface area contributed by atoms with Gasteiger partial charge < -0.3 is 15.3 Å². The molecule has 300 valence electrons. The molecule has 50 heavy (non-hydrogen) atoms. The Morgan fingerprint density at radius 2 is 0.360 bits per heavy atom. The highest BCUT2D eigenvalue weighted by Crippen LogP contribution is 2.15. The first-order valence-corrected chi connectivity index (χ1v) is 22.0. The van der Waals surface area contributed by atoms with Crippen molar-refractivity contribution < 1.29 is 29.7 Å². The molecule has 3 N–H and O–H groups in total. The van der Waals surface area contributed by atoms with Crippen LogP contribution in [0, 0.1) is 0 Å². The Kier molecular flexibility index (Phi) is 52.3. The molecule has 0 aliphatic heterocycles. The summed E-state index contributed by atoms with van der Waals surface area (Å²) in [4.78, 5) is 30.8. The van der Waals surface area contributed by atoms with Gasteiger partial charge in [-0.2, -0.15) is 0 Å². The van der Waals surface area contributed by atoms with Crippen LogP contribution in [-0.2, 0) is 14.4 Å². The molecule has 0 aromatic carbocycles. The van der Waals surface area contributed by atoms with Gasteiger partial charge in [-0.05, 0) is 19.3 Å². The number of carboxylic acid groups (broad SMARTS) is 3. The second-order valence-corrected chi connectivity index (χ2v) is 14.7. The van der Waals surface area contributed by atoms with Crippen molar-refractivity contribution in [3.63, 3.8) is 0 Å². The van der Waals surface area contributed by atoms with E-state index in [2.05, 4.69) is 20.8 Å². The van der Waals surface area contributed by atoms with Gasteiger partial charge in [0, 0.05) is 19.3 Å². The molecule has 0 fully saturated rings. The number of hydrogen-bond donors (Lipinski definition) is 3. The van der Waals surface area contributed by atoms with E-state index in [9.17, 15) is 14.4 Å². The van der Waals surface area contributed by atoms with Gasteiger partial charge in [-0.25, -0.2) is 0 Å². The van der Waals surface area contributed by atoms with Crippen molar-refractivity contribution in [2.45, 2.75) is 265 Å². The normalized spacial score (nSPS) is 10.6. The molecule has 0 atom stereocenters. The number of carbonyl (C=O) groups is 3. The summed E-state index contributed by atoms with van der Waals surface area (Å²) in [5.74, 6) is -1.97. The van der Waals surface area contributed by atoms with E-state index in [1.54, 1.807) is 0 Å². The van der Waals surface area contributed by atoms with Gasteiger partial charge in [0.15, 0.2) is 0 Å². The van der Waals surface area contributed by atoms with Crippen LogP contribution >= 0.6 is 0 Å². The summed E-state index contributed by atoms with van der Waals surface area (Å²) in [5, 5.41) is 25.4. The minimum absolute atomic E-state index is 0.343. The van der Waals surface area contributed by atoms with E-state index in [0.717, 1.165) is 38.5 Å². The van der Waals surface area contributed by atoms with Crippen molar-refractivity contribution in [1.29, 1.82) is 0 Å². The summed E-state index contributed by atoms with van der Waals surface area (Å²) in [6.07, 6.45) is 46.0. The molecule has 0 rings (SSSR count). The third-order valence-electron chi connectivity index (χ3n) is 9.48. The maximum Gasteiger partial charge on any atom is 0.303 e. The lowest BCUT2D eigenvalue weighted by molar-refractivity contribution is -0.138. The van der Waals surface area contributed by atoms with Crippen LogP contribution < -0.4 is 0 Å². The maximum absolute atomic E-state index is 10.3. The van der Waals surface area contributed by atoms with Gasteiger partial charge >= 0.3 is 17.9 Å². The molecule has 0 aliphatic carbocycles. The Hall–Kier alpha value is -1.59. The van der Waals surface area contributed by atoms with Crippen LogP contribution in [0.15, 0.2) is 0 Å². The first-order chi connectivity index (χ1) is 24.3. The molecule has 0 saturated carbocycles. The first-order valence-electron chi connectivity index (χ1n) is 22.0. The van der Waals surface area contributed by atoms with Crippen LogP contribution in [-0.4, -0.2) is 33.2 Å². The Bertz CT molecular complexity index is 665. The highest BCUT2D eigenvalue weighted by atomic mass is 16.4. The van der Waals surface area contributed by atoms with Crippen LogP contribution in [0.25, 0.3) is 0 Å². The fourth-order valence-corrected chi connectivity index (χ4v) is 6.17. The highest BCUT2D eigenvalue weighted by molar-refractivity contribution is 5.67. The van der Waals surface area contributed by atoms with E-state index in [0.29, 0.717) is 19.3 Å². The molecular formula is C44H88O6. The van der Waals surface area contributed by atoms with Gasteiger partial charge in [0.25, 0.3) is 0 Å². The van der Waals surface area contributed by atoms with Crippen molar-refractivity contribution >= 4 is 17.9 Å². The van der Waals surface area contributed by atoms with Gasteiger partial charge in [0.05, 0.1) is 0 Å². The van der Waals surface area contributed by atoms with Crippen molar-refractivity contribution in [2.75, 3.05) is 0 Å². The lowest BCUT2D eigenvalue weighted by Gasteiger charge is -2.03. The smallest absolute Gasteiger partial charge is 0.303 e. The van der Waals surface area contributed by atoms with Gasteiger partial charge in [-0.3, -0.25) is 14.4 Å². The monoisotopic (exact) mass is 713 g/mol. The standard InChI is InChI=1S/C18H36O2.C14H28O2.C12H24O2/c1-2-3-4-5-6-7-8-9-10-11-12-13-14-15-16-17-18(19)20;1-2-3-4-5-6-7-8-9-10-11-12-13-14(15)16;1-2-3-4-5-6-7-8-9-10-11-12(13)14/h2-17H2,1H3,(H,19,20);2-13H2,1H3,(H,15,16);2-11H2,1H3,(H,13,14). The Labute approximate surface area is 311 Å². The Morgan fingerprint density at radius 3 is 0.480 bits per heavy atom. The lowest BCUT2D eigenvalue weighted by Crippen LogP contribution is -1.93. The average molecular weight is 713 g/mol. The van der Waals surface area contributed by atoms with Gasteiger partial charge in [-0.15, -0.1) is 0 Å². The zero-order chi connectivity index (χ0) is 37.6. The number of hydrogen-bond acceptors (Lipinski definition) is 3.